The maximum Gasteiger partial charge on any atom is 0.337 e. The van der Waals surface area contributed by atoms with Crippen LogP contribution in [0.25, 0.3) is 5.70 Å². The molecule has 0 saturated carbocycles. The van der Waals surface area contributed by atoms with E-state index in [1.54, 1.807) is 6.92 Å². The first kappa shape index (κ1) is 12.2. The SMILES string of the molecule is COC(=O)C1=C(c2ccccc2)NC(=O)NC1C. The molecule has 2 rings (SSSR count). The van der Waals surface area contributed by atoms with E-state index in [4.69, 9.17) is 4.74 Å². The Morgan fingerprint density at radius 1 is 1.28 bits per heavy atom. The summed E-state index contributed by atoms with van der Waals surface area (Å²) in [5.74, 6) is -0.450. The number of esters is 1. The van der Waals surface area contributed by atoms with E-state index in [0.717, 1.165) is 5.56 Å². The number of urea groups is 1. The molecule has 0 saturated heterocycles. The first-order valence-corrected chi connectivity index (χ1v) is 5.59. The number of amides is 2. The Bertz CT molecular complexity index is 508. The van der Waals surface area contributed by atoms with Crippen molar-refractivity contribution in [2.24, 2.45) is 0 Å². The Labute approximate surface area is 105 Å². The van der Waals surface area contributed by atoms with Crippen LogP contribution in [0, 0.1) is 0 Å². The van der Waals surface area contributed by atoms with Crippen LogP contribution in [0.15, 0.2) is 35.9 Å². The normalized spacial score (nSPS) is 19.0. The van der Waals surface area contributed by atoms with Gasteiger partial charge in [-0.1, -0.05) is 30.3 Å². The van der Waals surface area contributed by atoms with Crippen molar-refractivity contribution in [3.63, 3.8) is 0 Å². The highest BCUT2D eigenvalue weighted by atomic mass is 16.5. The second kappa shape index (κ2) is 4.91. The molecule has 0 radical (unpaired) electrons. The topological polar surface area (TPSA) is 67.4 Å². The van der Waals surface area contributed by atoms with E-state index in [1.165, 1.54) is 7.11 Å². The van der Waals surface area contributed by atoms with Crippen LogP contribution >= 0.6 is 0 Å². The zero-order valence-electron chi connectivity index (χ0n) is 10.2. The lowest BCUT2D eigenvalue weighted by Crippen LogP contribution is -2.48. The molecule has 94 valence electrons. The fraction of sp³-hybridized carbons (Fsp3) is 0.231. The molecule has 1 aromatic rings. The predicted molar refractivity (Wildman–Crippen MR) is 66.5 cm³/mol. The van der Waals surface area contributed by atoms with Gasteiger partial charge < -0.3 is 15.4 Å². The van der Waals surface area contributed by atoms with Crippen LogP contribution in [0.4, 0.5) is 4.79 Å². The molecule has 1 atom stereocenters. The van der Waals surface area contributed by atoms with Gasteiger partial charge in [0, 0.05) is 0 Å². The summed E-state index contributed by atoms with van der Waals surface area (Å²) in [6.07, 6.45) is 0. The summed E-state index contributed by atoms with van der Waals surface area (Å²) in [5, 5.41) is 5.29. The lowest BCUT2D eigenvalue weighted by molar-refractivity contribution is -0.136. The van der Waals surface area contributed by atoms with Crippen molar-refractivity contribution in [2.45, 2.75) is 13.0 Å². The summed E-state index contributed by atoms with van der Waals surface area (Å²) in [6, 6.07) is 8.50. The van der Waals surface area contributed by atoms with Gasteiger partial charge in [0.2, 0.25) is 0 Å². The van der Waals surface area contributed by atoms with Gasteiger partial charge in [0.1, 0.15) is 0 Å². The van der Waals surface area contributed by atoms with Crippen molar-refractivity contribution >= 4 is 17.7 Å². The van der Waals surface area contributed by atoms with E-state index < -0.39 is 5.97 Å². The second-order valence-corrected chi connectivity index (χ2v) is 3.97. The number of carbonyl (C=O) groups is 2. The lowest BCUT2D eigenvalue weighted by atomic mass is 9.99. The van der Waals surface area contributed by atoms with E-state index in [-0.39, 0.29) is 12.1 Å². The van der Waals surface area contributed by atoms with Crippen molar-refractivity contribution in [3.8, 4) is 0 Å². The van der Waals surface area contributed by atoms with Crippen molar-refractivity contribution in [2.75, 3.05) is 7.11 Å². The molecule has 1 heterocycles. The molecule has 18 heavy (non-hydrogen) atoms. The average Bonchev–Trinajstić information content (AvgIpc) is 2.38. The standard InChI is InChI=1S/C13H14N2O3/c1-8-10(12(16)18-2)11(15-13(17)14-8)9-6-4-3-5-7-9/h3-8H,1-2H3,(H2,14,15,17). The molecule has 5 heteroatoms. The zero-order chi connectivity index (χ0) is 13.1. The van der Waals surface area contributed by atoms with Gasteiger partial charge in [-0.05, 0) is 12.5 Å². The molecule has 1 aliphatic heterocycles. The summed E-state index contributed by atoms with van der Waals surface area (Å²) in [4.78, 5) is 23.3. The summed E-state index contributed by atoms with van der Waals surface area (Å²) in [6.45, 7) is 1.74. The molecule has 0 spiro atoms. The molecule has 1 aliphatic rings. The fourth-order valence-electron chi connectivity index (χ4n) is 1.92. The Kier molecular flexibility index (Phi) is 3.32. The van der Waals surface area contributed by atoms with Gasteiger partial charge in [0.05, 0.1) is 24.4 Å². The molecular weight excluding hydrogens is 232 g/mol. The third kappa shape index (κ3) is 2.20. The Balaban J connectivity index is 2.54. The van der Waals surface area contributed by atoms with E-state index in [0.29, 0.717) is 11.3 Å². The largest absolute Gasteiger partial charge is 0.466 e. The van der Waals surface area contributed by atoms with Crippen LogP contribution in [0.5, 0.6) is 0 Å². The number of ether oxygens (including phenoxy) is 1. The Morgan fingerprint density at radius 3 is 2.56 bits per heavy atom. The van der Waals surface area contributed by atoms with E-state index in [1.807, 2.05) is 30.3 Å². The molecule has 2 N–H and O–H groups in total. The number of rotatable bonds is 2. The quantitative estimate of drug-likeness (QED) is 0.772. The first-order valence-electron chi connectivity index (χ1n) is 5.59. The van der Waals surface area contributed by atoms with Crippen LogP contribution < -0.4 is 10.6 Å². The highest BCUT2D eigenvalue weighted by Crippen LogP contribution is 2.22. The molecule has 1 unspecified atom stereocenters. The minimum absolute atomic E-state index is 0.325. The van der Waals surface area contributed by atoms with E-state index >= 15 is 0 Å². The smallest absolute Gasteiger partial charge is 0.337 e. The average molecular weight is 246 g/mol. The number of hydrogen-bond acceptors (Lipinski definition) is 3. The molecule has 0 fully saturated rings. The van der Waals surface area contributed by atoms with Gasteiger partial charge in [0.25, 0.3) is 0 Å². The van der Waals surface area contributed by atoms with Gasteiger partial charge >= 0.3 is 12.0 Å². The van der Waals surface area contributed by atoms with Crippen LogP contribution in [0.2, 0.25) is 0 Å². The van der Waals surface area contributed by atoms with Gasteiger partial charge in [-0.25, -0.2) is 9.59 Å². The first-order chi connectivity index (χ1) is 8.63. The van der Waals surface area contributed by atoms with Crippen molar-refractivity contribution in [1.29, 1.82) is 0 Å². The minimum Gasteiger partial charge on any atom is -0.466 e. The second-order valence-electron chi connectivity index (χ2n) is 3.97. The fourth-order valence-corrected chi connectivity index (χ4v) is 1.92. The van der Waals surface area contributed by atoms with Gasteiger partial charge in [-0.15, -0.1) is 0 Å². The molecule has 0 bridgehead atoms. The number of benzene rings is 1. The zero-order valence-corrected chi connectivity index (χ0v) is 10.2. The number of nitrogens with one attached hydrogen (secondary N) is 2. The van der Waals surface area contributed by atoms with Gasteiger partial charge in [0.15, 0.2) is 0 Å². The molecule has 0 aromatic heterocycles. The molecular formula is C13H14N2O3. The maximum absolute atomic E-state index is 11.8. The Morgan fingerprint density at radius 2 is 1.94 bits per heavy atom. The predicted octanol–water partition coefficient (Wildman–Crippen LogP) is 1.27. The van der Waals surface area contributed by atoms with Crippen LogP contribution in [0.3, 0.4) is 0 Å². The molecule has 0 aliphatic carbocycles. The lowest BCUT2D eigenvalue weighted by Gasteiger charge is -2.26. The molecule has 1 aromatic carbocycles. The summed E-state index contributed by atoms with van der Waals surface area (Å²) in [5.41, 5.74) is 1.70. The van der Waals surface area contributed by atoms with Crippen molar-refractivity contribution in [3.05, 3.63) is 41.5 Å². The third-order valence-electron chi connectivity index (χ3n) is 2.76. The van der Waals surface area contributed by atoms with Crippen molar-refractivity contribution in [1.82, 2.24) is 10.6 Å². The van der Waals surface area contributed by atoms with Gasteiger partial charge in [-0.2, -0.15) is 0 Å². The maximum atomic E-state index is 11.8. The molecule has 5 nitrogen and oxygen atoms in total. The third-order valence-corrected chi connectivity index (χ3v) is 2.76. The summed E-state index contributed by atoms with van der Waals surface area (Å²) < 4.78 is 4.76. The number of methoxy groups -OCH3 is 1. The minimum atomic E-state index is -0.450. The van der Waals surface area contributed by atoms with Gasteiger partial charge in [-0.3, -0.25) is 0 Å². The highest BCUT2D eigenvalue weighted by Gasteiger charge is 2.29. The van der Waals surface area contributed by atoms with Crippen LogP contribution in [0.1, 0.15) is 12.5 Å². The van der Waals surface area contributed by atoms with Crippen LogP contribution in [-0.4, -0.2) is 25.2 Å². The van der Waals surface area contributed by atoms with Crippen LogP contribution in [-0.2, 0) is 9.53 Å². The monoisotopic (exact) mass is 246 g/mol. The van der Waals surface area contributed by atoms with E-state index in [2.05, 4.69) is 10.6 Å². The van der Waals surface area contributed by atoms with Crippen molar-refractivity contribution < 1.29 is 14.3 Å². The highest BCUT2D eigenvalue weighted by molar-refractivity contribution is 6.04. The summed E-state index contributed by atoms with van der Waals surface area (Å²) in [7, 11) is 1.32. The Hall–Kier alpha value is -2.30. The number of carbonyl (C=O) groups excluding carboxylic acids is 2. The molecule has 2 amide bonds. The number of hydrogen-bond donors (Lipinski definition) is 2. The summed E-state index contributed by atoms with van der Waals surface area (Å²) >= 11 is 0. The van der Waals surface area contributed by atoms with E-state index in [9.17, 15) is 9.59 Å².